The second-order valence-corrected chi connectivity index (χ2v) is 1.22. The topological polar surface area (TPSA) is 52.0 Å². The Balaban J connectivity index is 0. The van der Waals surface area contributed by atoms with Gasteiger partial charge in [0.05, 0.1) is 0 Å². The van der Waals surface area contributed by atoms with Gasteiger partial charge in [0.25, 0.3) is 0 Å². The molecule has 0 aliphatic heterocycles. The summed E-state index contributed by atoms with van der Waals surface area (Å²) in [4.78, 5) is 0. The fourth-order valence-corrected chi connectivity index (χ4v) is 0. The molecule has 32 valence electrons. The van der Waals surface area contributed by atoms with Crippen molar-refractivity contribution in [3.05, 3.63) is 0 Å². The summed E-state index contributed by atoms with van der Waals surface area (Å²) in [6, 6.07) is 0. The van der Waals surface area contributed by atoms with E-state index in [4.69, 9.17) is 8.88 Å². The van der Waals surface area contributed by atoms with Crippen LogP contribution in [0, 0.1) is 0 Å². The molecular formula is C2H11GaN2. The van der Waals surface area contributed by atoms with Gasteiger partial charge in [-0.3, -0.25) is 0 Å². The zero-order valence-electron chi connectivity index (χ0n) is 3.86. The third-order valence-corrected chi connectivity index (χ3v) is 0. The van der Waals surface area contributed by atoms with Crippen LogP contribution >= 0.6 is 0 Å². The SMILES string of the molecule is CC.[NH2][GaH][NH2]. The second kappa shape index (κ2) is 23.8. The third-order valence-electron chi connectivity index (χ3n) is 0. The van der Waals surface area contributed by atoms with Crippen LogP contribution in [0.4, 0.5) is 0 Å². The van der Waals surface area contributed by atoms with Gasteiger partial charge in [0, 0.05) is 0 Å². The Morgan fingerprint density at radius 3 is 1.20 bits per heavy atom. The molecule has 0 rings (SSSR count). The number of hydrogen-bond donors (Lipinski definition) is 2. The van der Waals surface area contributed by atoms with Crippen molar-refractivity contribution >= 4 is 17.9 Å². The average molecular weight is 133 g/mol. The fraction of sp³-hybridized carbons (Fsp3) is 1.00. The molecule has 0 spiro atoms. The van der Waals surface area contributed by atoms with Crippen molar-refractivity contribution in [3.63, 3.8) is 0 Å². The first kappa shape index (κ1) is 9.12. The van der Waals surface area contributed by atoms with Crippen LogP contribution in [0.3, 0.4) is 0 Å². The van der Waals surface area contributed by atoms with Gasteiger partial charge in [0.15, 0.2) is 0 Å². The first-order valence-corrected chi connectivity index (χ1v) is 5.24. The molecule has 0 aromatic carbocycles. The van der Waals surface area contributed by atoms with Gasteiger partial charge in [0.2, 0.25) is 0 Å². The Hall–Kier alpha value is 0.556. The molecule has 0 aliphatic carbocycles. The molecule has 5 heavy (non-hydrogen) atoms. The minimum atomic E-state index is -0.875. The van der Waals surface area contributed by atoms with Gasteiger partial charge in [-0.15, -0.1) is 0 Å². The summed E-state index contributed by atoms with van der Waals surface area (Å²) >= 11 is -0.875. The molecule has 0 radical (unpaired) electrons. The molecule has 0 atom stereocenters. The van der Waals surface area contributed by atoms with E-state index < -0.39 is 17.9 Å². The van der Waals surface area contributed by atoms with Crippen LogP contribution in [0.2, 0.25) is 0 Å². The van der Waals surface area contributed by atoms with E-state index in [2.05, 4.69) is 0 Å². The van der Waals surface area contributed by atoms with Crippen LogP contribution in [-0.2, 0) is 0 Å². The molecular weight excluding hydrogens is 122 g/mol. The quantitative estimate of drug-likeness (QED) is 0.424. The van der Waals surface area contributed by atoms with Crippen LogP contribution in [0.5, 0.6) is 0 Å². The Kier molecular flexibility index (Phi) is 43.4. The Morgan fingerprint density at radius 2 is 1.20 bits per heavy atom. The summed E-state index contributed by atoms with van der Waals surface area (Å²) in [7, 11) is 0. The maximum atomic E-state index is 4.81. The van der Waals surface area contributed by atoms with Crippen LogP contribution in [0.15, 0.2) is 0 Å². The van der Waals surface area contributed by atoms with Crippen molar-refractivity contribution in [2.45, 2.75) is 13.8 Å². The van der Waals surface area contributed by atoms with E-state index in [-0.39, 0.29) is 0 Å². The van der Waals surface area contributed by atoms with Crippen molar-refractivity contribution in [3.8, 4) is 0 Å². The minimum absolute atomic E-state index is 0.875. The van der Waals surface area contributed by atoms with Gasteiger partial charge in [-0.05, 0) is 0 Å². The molecule has 0 saturated carbocycles. The Morgan fingerprint density at radius 1 is 1.20 bits per heavy atom. The monoisotopic (exact) mass is 132 g/mol. The number of nitrogens with two attached hydrogens (primary N) is 2. The van der Waals surface area contributed by atoms with E-state index in [0.29, 0.717) is 0 Å². The van der Waals surface area contributed by atoms with E-state index in [1.54, 1.807) is 0 Å². The molecule has 0 aromatic heterocycles. The second-order valence-electron chi connectivity index (χ2n) is 0.236. The summed E-state index contributed by atoms with van der Waals surface area (Å²) in [5.41, 5.74) is 0. The molecule has 0 amide bonds. The summed E-state index contributed by atoms with van der Waals surface area (Å²) in [6.45, 7) is 4.00. The third kappa shape index (κ3) is 96.2. The Bertz CT molecular complexity index is 7.61. The van der Waals surface area contributed by atoms with Crippen molar-refractivity contribution in [1.29, 1.82) is 0 Å². The molecule has 0 fully saturated rings. The molecule has 2 nitrogen and oxygen atoms in total. The number of rotatable bonds is 0. The van der Waals surface area contributed by atoms with E-state index >= 15 is 0 Å². The van der Waals surface area contributed by atoms with E-state index in [1.165, 1.54) is 0 Å². The van der Waals surface area contributed by atoms with Crippen molar-refractivity contribution in [2.24, 2.45) is 8.88 Å². The van der Waals surface area contributed by atoms with Crippen molar-refractivity contribution in [1.82, 2.24) is 0 Å². The van der Waals surface area contributed by atoms with Gasteiger partial charge < -0.3 is 0 Å². The molecule has 0 aromatic rings. The van der Waals surface area contributed by atoms with Gasteiger partial charge in [-0.1, -0.05) is 13.8 Å². The summed E-state index contributed by atoms with van der Waals surface area (Å²) < 4.78 is 9.62. The molecule has 3 heteroatoms. The molecule has 4 N–H and O–H groups in total. The van der Waals surface area contributed by atoms with E-state index in [0.717, 1.165) is 0 Å². The predicted octanol–water partition coefficient (Wildman–Crippen LogP) is -0.804. The van der Waals surface area contributed by atoms with Crippen LogP contribution in [0.25, 0.3) is 0 Å². The molecule has 0 bridgehead atoms. The average Bonchev–Trinajstić information content (AvgIpc) is 1.46. The zero-order chi connectivity index (χ0) is 4.71. The van der Waals surface area contributed by atoms with Gasteiger partial charge in [-0.25, -0.2) is 0 Å². The van der Waals surface area contributed by atoms with Crippen LogP contribution < -0.4 is 8.88 Å². The summed E-state index contributed by atoms with van der Waals surface area (Å²) in [6.07, 6.45) is 0. The molecule has 0 saturated heterocycles. The van der Waals surface area contributed by atoms with E-state index in [1.807, 2.05) is 13.8 Å². The van der Waals surface area contributed by atoms with E-state index in [9.17, 15) is 0 Å². The first-order chi connectivity index (χ1) is 2.41. The zero-order valence-corrected chi connectivity index (χ0v) is 6.83. The summed E-state index contributed by atoms with van der Waals surface area (Å²) in [5, 5.41) is 0. The van der Waals surface area contributed by atoms with Crippen LogP contribution in [0.1, 0.15) is 13.8 Å². The standard InChI is InChI=1S/C2H6.Ga.2H2N.H/c1-2;;;;/h1-2H3;;2*1H2;/q;+2;2*-1;. The molecule has 0 aliphatic rings. The number of hydrogen-bond acceptors (Lipinski definition) is 2. The Labute approximate surface area is 41.2 Å². The molecule has 0 heterocycles. The van der Waals surface area contributed by atoms with Crippen molar-refractivity contribution < 1.29 is 0 Å². The normalized spacial score (nSPS) is 4.00. The fourth-order valence-electron chi connectivity index (χ4n) is 0. The first-order valence-electron chi connectivity index (χ1n) is 1.82. The van der Waals surface area contributed by atoms with Gasteiger partial charge in [-0.2, -0.15) is 0 Å². The van der Waals surface area contributed by atoms with Crippen LogP contribution in [-0.4, -0.2) is 17.9 Å². The predicted molar refractivity (Wildman–Crippen MR) is 26.9 cm³/mol. The van der Waals surface area contributed by atoms with Gasteiger partial charge in [0.1, 0.15) is 0 Å². The molecule has 0 unspecified atom stereocenters. The van der Waals surface area contributed by atoms with Crippen molar-refractivity contribution in [2.75, 3.05) is 0 Å². The maximum absolute atomic E-state index is 4.81. The summed E-state index contributed by atoms with van der Waals surface area (Å²) in [5.74, 6) is 0. The van der Waals surface area contributed by atoms with Gasteiger partial charge >= 0.3 is 26.8 Å².